The Bertz CT molecular complexity index is 298. The molecule has 0 aliphatic carbocycles. The first kappa shape index (κ1) is 15.5. The van der Waals surface area contributed by atoms with Gasteiger partial charge in [-0.3, -0.25) is 9.59 Å². The summed E-state index contributed by atoms with van der Waals surface area (Å²) in [6.45, 7) is 2.06. The molecular weight excluding hydrogens is 258 g/mol. The van der Waals surface area contributed by atoms with Gasteiger partial charge in [-0.1, -0.05) is 0 Å². The van der Waals surface area contributed by atoms with Gasteiger partial charge in [-0.2, -0.15) is 26.3 Å². The van der Waals surface area contributed by atoms with Gasteiger partial charge in [0.05, 0.1) is 0 Å². The van der Waals surface area contributed by atoms with Gasteiger partial charge in [0.25, 0.3) is 0 Å². The van der Waals surface area contributed by atoms with Gasteiger partial charge in [0.15, 0.2) is 0 Å². The highest BCUT2D eigenvalue weighted by Gasteiger charge is 2.40. The third kappa shape index (κ3) is 5.97. The predicted octanol–water partition coefficient (Wildman–Crippen LogP) is 0.546. The van der Waals surface area contributed by atoms with Gasteiger partial charge in [-0.15, -0.1) is 0 Å². The zero-order valence-electron chi connectivity index (χ0n) is 8.08. The van der Waals surface area contributed by atoms with Gasteiger partial charge < -0.3 is 10.6 Å². The second-order valence-corrected chi connectivity index (χ2v) is 2.88. The molecule has 0 heterocycles. The molecule has 0 saturated carbocycles. The summed E-state index contributed by atoms with van der Waals surface area (Å²) >= 11 is 0. The fourth-order valence-electron chi connectivity index (χ4n) is 0.634. The number of amides is 2. The SMILES string of the molecule is [CH2]C(CNC(=O)C(F)(F)F)NC(=O)C(F)(F)F. The van der Waals surface area contributed by atoms with Crippen molar-refractivity contribution >= 4 is 11.8 Å². The highest BCUT2D eigenvalue weighted by molar-refractivity contribution is 5.83. The van der Waals surface area contributed by atoms with Crippen molar-refractivity contribution in [1.29, 1.82) is 0 Å². The predicted molar refractivity (Wildman–Crippen MR) is 42.4 cm³/mol. The molecule has 1 unspecified atom stereocenters. The molecule has 0 aromatic heterocycles. The van der Waals surface area contributed by atoms with Crippen LogP contribution in [0.2, 0.25) is 0 Å². The summed E-state index contributed by atoms with van der Waals surface area (Å²) in [6, 6.07) is -1.53. The molecule has 0 aromatic carbocycles. The molecule has 17 heavy (non-hydrogen) atoms. The Morgan fingerprint density at radius 2 is 1.41 bits per heavy atom. The maximum absolute atomic E-state index is 11.7. The lowest BCUT2D eigenvalue weighted by Crippen LogP contribution is -2.48. The maximum atomic E-state index is 11.7. The number of hydrogen-bond acceptors (Lipinski definition) is 2. The van der Waals surface area contributed by atoms with E-state index in [2.05, 4.69) is 6.92 Å². The second-order valence-electron chi connectivity index (χ2n) is 2.88. The van der Waals surface area contributed by atoms with Gasteiger partial charge in [0.1, 0.15) is 0 Å². The Hall–Kier alpha value is -1.48. The first-order valence-corrected chi connectivity index (χ1v) is 4.00. The molecule has 0 saturated heterocycles. The number of nitrogens with one attached hydrogen (secondary N) is 2. The molecule has 0 aliphatic rings. The summed E-state index contributed by atoms with van der Waals surface area (Å²) in [7, 11) is 0. The Balaban J connectivity index is 4.10. The molecule has 0 spiro atoms. The van der Waals surface area contributed by atoms with Crippen molar-refractivity contribution < 1.29 is 35.9 Å². The van der Waals surface area contributed by atoms with Crippen LogP contribution in [0, 0.1) is 6.92 Å². The van der Waals surface area contributed by atoms with E-state index in [1.54, 1.807) is 0 Å². The quantitative estimate of drug-likeness (QED) is 0.732. The van der Waals surface area contributed by atoms with E-state index in [1.807, 2.05) is 0 Å². The summed E-state index contributed by atoms with van der Waals surface area (Å²) in [4.78, 5) is 20.6. The lowest BCUT2D eigenvalue weighted by Gasteiger charge is -2.16. The third-order valence-corrected chi connectivity index (χ3v) is 1.36. The van der Waals surface area contributed by atoms with Gasteiger partial charge >= 0.3 is 24.2 Å². The third-order valence-electron chi connectivity index (χ3n) is 1.36. The van der Waals surface area contributed by atoms with Crippen LogP contribution in [-0.2, 0) is 9.59 Å². The molecule has 0 aliphatic heterocycles. The molecule has 10 heteroatoms. The number of rotatable bonds is 3. The summed E-state index contributed by atoms with van der Waals surface area (Å²) < 4.78 is 70.0. The molecule has 1 radical (unpaired) electrons. The molecule has 2 N–H and O–H groups in total. The van der Waals surface area contributed by atoms with Crippen molar-refractivity contribution in [2.24, 2.45) is 0 Å². The number of halogens is 6. The minimum atomic E-state index is -5.16. The first-order valence-electron chi connectivity index (χ1n) is 4.00. The average Bonchev–Trinajstić information content (AvgIpc) is 2.10. The number of hydrogen-bond donors (Lipinski definition) is 2. The minimum Gasteiger partial charge on any atom is -0.346 e. The van der Waals surface area contributed by atoms with Gasteiger partial charge in [0, 0.05) is 12.6 Å². The minimum absolute atomic E-state index is 0.875. The standard InChI is InChI=1S/C7H7F6N2O2/c1-3(15-5(17)7(11,12)13)2-14-4(16)6(8,9)10/h3H,1-2H2,(H,14,16)(H,15,17). The molecule has 0 rings (SSSR count). The Morgan fingerprint density at radius 1 is 1.00 bits per heavy atom. The molecule has 0 aromatic rings. The van der Waals surface area contributed by atoms with E-state index < -0.39 is 36.8 Å². The second kappa shape index (κ2) is 5.23. The first-order chi connectivity index (χ1) is 7.44. The van der Waals surface area contributed by atoms with Crippen LogP contribution in [0.5, 0.6) is 0 Å². The summed E-state index contributed by atoms with van der Waals surface area (Å²) in [6.07, 6.45) is -10.3. The average molecular weight is 265 g/mol. The number of alkyl halides is 6. The molecule has 99 valence electrons. The molecule has 4 nitrogen and oxygen atoms in total. The summed E-state index contributed by atoms with van der Waals surface area (Å²) in [5.41, 5.74) is 0. The summed E-state index contributed by atoms with van der Waals surface area (Å²) in [5.74, 6) is -4.67. The van der Waals surface area contributed by atoms with Crippen LogP contribution in [0.4, 0.5) is 26.3 Å². The maximum Gasteiger partial charge on any atom is 0.471 e. The van der Waals surface area contributed by atoms with E-state index >= 15 is 0 Å². The molecule has 0 fully saturated rings. The summed E-state index contributed by atoms with van der Waals surface area (Å²) in [5, 5.41) is 2.54. The van der Waals surface area contributed by atoms with Crippen LogP contribution >= 0.6 is 0 Å². The molecule has 1 atom stereocenters. The zero-order chi connectivity index (χ0) is 13.9. The van der Waals surface area contributed by atoms with Crippen molar-refractivity contribution in [3.05, 3.63) is 6.92 Å². The van der Waals surface area contributed by atoms with Crippen molar-refractivity contribution in [1.82, 2.24) is 10.6 Å². The monoisotopic (exact) mass is 265 g/mol. The zero-order valence-corrected chi connectivity index (χ0v) is 8.08. The van der Waals surface area contributed by atoms with Crippen molar-refractivity contribution in [3.63, 3.8) is 0 Å². The van der Waals surface area contributed by atoms with E-state index in [4.69, 9.17) is 0 Å². The number of carbonyl (C=O) groups is 2. The van der Waals surface area contributed by atoms with E-state index in [1.165, 1.54) is 10.6 Å². The molecule has 2 amide bonds. The highest BCUT2D eigenvalue weighted by atomic mass is 19.4. The van der Waals surface area contributed by atoms with E-state index in [0.717, 1.165) is 0 Å². The number of carbonyl (C=O) groups excluding carboxylic acids is 2. The van der Waals surface area contributed by atoms with Crippen molar-refractivity contribution in [2.45, 2.75) is 18.4 Å². The highest BCUT2D eigenvalue weighted by Crippen LogP contribution is 2.15. The van der Waals surface area contributed by atoms with E-state index in [0.29, 0.717) is 0 Å². The van der Waals surface area contributed by atoms with Crippen LogP contribution in [0.15, 0.2) is 0 Å². The van der Waals surface area contributed by atoms with Crippen LogP contribution in [0.25, 0.3) is 0 Å². The lowest BCUT2D eigenvalue weighted by molar-refractivity contribution is -0.175. The fraction of sp³-hybridized carbons (Fsp3) is 0.571. The van der Waals surface area contributed by atoms with Crippen LogP contribution in [-0.4, -0.2) is 36.8 Å². The van der Waals surface area contributed by atoms with Crippen LogP contribution < -0.4 is 10.6 Å². The van der Waals surface area contributed by atoms with Gasteiger partial charge in [-0.25, -0.2) is 0 Å². The molecule has 0 bridgehead atoms. The Labute approximate surface area is 91.3 Å². The van der Waals surface area contributed by atoms with Crippen molar-refractivity contribution in [2.75, 3.05) is 6.54 Å². The Morgan fingerprint density at radius 3 is 1.76 bits per heavy atom. The smallest absolute Gasteiger partial charge is 0.346 e. The van der Waals surface area contributed by atoms with E-state index in [-0.39, 0.29) is 0 Å². The molecular formula is C7H7F6N2O2. The largest absolute Gasteiger partial charge is 0.471 e. The van der Waals surface area contributed by atoms with E-state index in [9.17, 15) is 35.9 Å². The fourth-order valence-corrected chi connectivity index (χ4v) is 0.634. The normalized spacial score (nSPS) is 14.1. The van der Waals surface area contributed by atoms with Crippen molar-refractivity contribution in [3.8, 4) is 0 Å². The lowest BCUT2D eigenvalue weighted by atomic mass is 10.3. The van der Waals surface area contributed by atoms with Gasteiger partial charge in [0.2, 0.25) is 0 Å². The topological polar surface area (TPSA) is 58.2 Å². The van der Waals surface area contributed by atoms with Gasteiger partial charge in [-0.05, 0) is 6.92 Å². The van der Waals surface area contributed by atoms with Crippen LogP contribution in [0.1, 0.15) is 0 Å². The Kier molecular flexibility index (Phi) is 4.78. The van der Waals surface area contributed by atoms with Crippen LogP contribution in [0.3, 0.4) is 0 Å².